The summed E-state index contributed by atoms with van der Waals surface area (Å²) in [5.41, 5.74) is 8.84. The lowest BCUT2D eigenvalue weighted by Gasteiger charge is -1.97. The van der Waals surface area contributed by atoms with Gasteiger partial charge in [-0.25, -0.2) is 9.66 Å². The molecule has 0 aliphatic rings. The van der Waals surface area contributed by atoms with Crippen molar-refractivity contribution in [2.45, 2.75) is 0 Å². The van der Waals surface area contributed by atoms with Gasteiger partial charge in [0, 0.05) is 0 Å². The summed E-state index contributed by atoms with van der Waals surface area (Å²) in [7, 11) is 0. The molecule has 3 rings (SSSR count). The second-order valence-corrected chi connectivity index (χ2v) is 3.83. The standard InChI is InChI=1S/C13H11N5/c14-10-5-1-2-6-11(10)16-17-18-9-15-12-7-3-4-8-13(12)18/h1-9H,14H2. The van der Waals surface area contributed by atoms with Crippen LogP contribution in [0.2, 0.25) is 0 Å². The van der Waals surface area contributed by atoms with Crippen molar-refractivity contribution >= 4 is 22.4 Å². The first-order valence-corrected chi connectivity index (χ1v) is 5.53. The lowest BCUT2D eigenvalue weighted by atomic mass is 10.3. The third-order valence-corrected chi connectivity index (χ3v) is 2.62. The Hall–Kier alpha value is -2.69. The van der Waals surface area contributed by atoms with Gasteiger partial charge in [0.1, 0.15) is 12.0 Å². The summed E-state index contributed by atoms with van der Waals surface area (Å²) in [5, 5.41) is 8.25. The highest BCUT2D eigenvalue weighted by Crippen LogP contribution is 2.21. The van der Waals surface area contributed by atoms with Crippen LogP contribution in [0.1, 0.15) is 0 Å². The fraction of sp³-hybridized carbons (Fsp3) is 0. The number of para-hydroxylation sites is 3. The zero-order valence-electron chi connectivity index (χ0n) is 9.56. The summed E-state index contributed by atoms with van der Waals surface area (Å²) in [5.74, 6) is 0. The Balaban J connectivity index is 2.00. The highest BCUT2D eigenvalue weighted by atomic mass is 15.5. The highest BCUT2D eigenvalue weighted by Gasteiger charge is 2.00. The van der Waals surface area contributed by atoms with Gasteiger partial charge in [-0.3, -0.25) is 0 Å². The fourth-order valence-electron chi connectivity index (χ4n) is 1.69. The molecule has 1 heterocycles. The van der Waals surface area contributed by atoms with Crippen LogP contribution in [0.25, 0.3) is 11.0 Å². The number of nitrogens with zero attached hydrogens (tertiary/aromatic N) is 4. The Morgan fingerprint density at radius 3 is 2.67 bits per heavy atom. The minimum atomic E-state index is 0.602. The summed E-state index contributed by atoms with van der Waals surface area (Å²) in [4.78, 5) is 4.23. The van der Waals surface area contributed by atoms with E-state index in [1.54, 1.807) is 17.1 Å². The summed E-state index contributed by atoms with van der Waals surface area (Å²) < 4.78 is 1.63. The molecule has 2 N–H and O–H groups in total. The van der Waals surface area contributed by atoms with Gasteiger partial charge in [-0.2, -0.15) is 0 Å². The van der Waals surface area contributed by atoms with Gasteiger partial charge in [-0.15, -0.1) is 5.11 Å². The van der Waals surface area contributed by atoms with Crippen molar-refractivity contribution in [3.05, 3.63) is 54.9 Å². The number of nitrogen functional groups attached to an aromatic ring is 1. The smallest absolute Gasteiger partial charge is 0.120 e. The van der Waals surface area contributed by atoms with Gasteiger partial charge in [0.2, 0.25) is 0 Å². The molecule has 0 fully saturated rings. The van der Waals surface area contributed by atoms with Gasteiger partial charge in [-0.05, 0) is 24.3 Å². The molecular weight excluding hydrogens is 226 g/mol. The SMILES string of the molecule is Nc1ccccc1N=Nn1cnc2ccccc21. The molecule has 3 aromatic rings. The molecule has 0 bridgehead atoms. The number of rotatable bonds is 2. The van der Waals surface area contributed by atoms with Gasteiger partial charge in [0.25, 0.3) is 0 Å². The third-order valence-electron chi connectivity index (χ3n) is 2.62. The topological polar surface area (TPSA) is 68.6 Å². The second-order valence-electron chi connectivity index (χ2n) is 3.83. The predicted molar refractivity (Wildman–Crippen MR) is 70.5 cm³/mol. The van der Waals surface area contributed by atoms with Crippen LogP contribution >= 0.6 is 0 Å². The lowest BCUT2D eigenvalue weighted by Crippen LogP contribution is -1.86. The molecule has 0 spiro atoms. The minimum absolute atomic E-state index is 0.602. The summed E-state index contributed by atoms with van der Waals surface area (Å²) in [6.07, 6.45) is 1.63. The van der Waals surface area contributed by atoms with Gasteiger partial charge in [-0.1, -0.05) is 29.5 Å². The molecule has 0 unspecified atom stereocenters. The number of hydrogen-bond acceptors (Lipinski definition) is 4. The van der Waals surface area contributed by atoms with E-state index in [2.05, 4.69) is 15.3 Å². The molecule has 18 heavy (non-hydrogen) atoms. The number of nitrogens with two attached hydrogens (primary N) is 1. The van der Waals surface area contributed by atoms with Crippen LogP contribution in [0.3, 0.4) is 0 Å². The van der Waals surface area contributed by atoms with E-state index >= 15 is 0 Å². The van der Waals surface area contributed by atoms with Crippen molar-refractivity contribution in [3.8, 4) is 0 Å². The Morgan fingerprint density at radius 2 is 1.78 bits per heavy atom. The molecule has 0 atom stereocenters. The summed E-state index contributed by atoms with van der Waals surface area (Å²) >= 11 is 0. The fourth-order valence-corrected chi connectivity index (χ4v) is 1.69. The first kappa shape index (κ1) is 10.5. The Bertz CT molecular complexity index is 714. The molecule has 0 amide bonds. The molecule has 0 radical (unpaired) electrons. The Labute approximate surface area is 104 Å². The normalized spacial score (nSPS) is 11.3. The van der Waals surface area contributed by atoms with Crippen LogP contribution in [0, 0.1) is 0 Å². The van der Waals surface area contributed by atoms with Crippen molar-refractivity contribution in [2.75, 3.05) is 5.73 Å². The second kappa shape index (κ2) is 4.29. The largest absolute Gasteiger partial charge is 0.397 e. The van der Waals surface area contributed by atoms with E-state index < -0.39 is 0 Å². The number of anilines is 1. The van der Waals surface area contributed by atoms with E-state index in [0.29, 0.717) is 11.4 Å². The van der Waals surface area contributed by atoms with Crippen molar-refractivity contribution < 1.29 is 0 Å². The van der Waals surface area contributed by atoms with Crippen molar-refractivity contribution in [3.63, 3.8) is 0 Å². The molecular formula is C13H11N5. The van der Waals surface area contributed by atoms with Crippen LogP contribution in [-0.4, -0.2) is 9.66 Å². The number of hydrogen-bond donors (Lipinski definition) is 1. The quantitative estimate of drug-likeness (QED) is 0.549. The Morgan fingerprint density at radius 1 is 1.00 bits per heavy atom. The predicted octanol–water partition coefficient (Wildman–Crippen LogP) is 3.17. The Kier molecular flexibility index (Phi) is 2.49. The molecule has 5 nitrogen and oxygen atoms in total. The maximum absolute atomic E-state index is 5.79. The van der Waals surface area contributed by atoms with Crippen molar-refractivity contribution in [1.29, 1.82) is 0 Å². The number of aromatic nitrogens is 2. The monoisotopic (exact) mass is 237 g/mol. The van der Waals surface area contributed by atoms with Gasteiger partial charge >= 0.3 is 0 Å². The molecule has 0 saturated carbocycles. The maximum Gasteiger partial charge on any atom is 0.120 e. The molecule has 0 aliphatic carbocycles. The maximum atomic E-state index is 5.79. The average Bonchev–Trinajstić information content (AvgIpc) is 2.81. The first-order chi connectivity index (χ1) is 8.84. The van der Waals surface area contributed by atoms with E-state index in [4.69, 9.17) is 5.73 Å². The van der Waals surface area contributed by atoms with E-state index in [1.807, 2.05) is 42.5 Å². The van der Waals surface area contributed by atoms with Crippen LogP contribution in [0.15, 0.2) is 65.2 Å². The van der Waals surface area contributed by atoms with Crippen LogP contribution in [-0.2, 0) is 0 Å². The average molecular weight is 237 g/mol. The third kappa shape index (κ3) is 1.82. The number of benzene rings is 2. The highest BCUT2D eigenvalue weighted by molar-refractivity contribution is 5.74. The minimum Gasteiger partial charge on any atom is -0.397 e. The first-order valence-electron chi connectivity index (χ1n) is 5.53. The van der Waals surface area contributed by atoms with Crippen LogP contribution in [0.4, 0.5) is 11.4 Å². The number of fused-ring (bicyclic) bond motifs is 1. The van der Waals surface area contributed by atoms with Gasteiger partial charge in [0.15, 0.2) is 0 Å². The lowest BCUT2D eigenvalue weighted by molar-refractivity contribution is 0.829. The van der Waals surface area contributed by atoms with E-state index in [-0.39, 0.29) is 0 Å². The van der Waals surface area contributed by atoms with E-state index in [1.165, 1.54) is 0 Å². The zero-order valence-corrected chi connectivity index (χ0v) is 9.56. The molecule has 5 heteroatoms. The van der Waals surface area contributed by atoms with E-state index in [0.717, 1.165) is 11.0 Å². The summed E-state index contributed by atoms with van der Waals surface area (Å²) in [6.45, 7) is 0. The molecule has 88 valence electrons. The van der Waals surface area contributed by atoms with E-state index in [9.17, 15) is 0 Å². The van der Waals surface area contributed by atoms with Crippen molar-refractivity contribution in [1.82, 2.24) is 9.66 Å². The van der Waals surface area contributed by atoms with Crippen LogP contribution in [0.5, 0.6) is 0 Å². The number of imidazole rings is 1. The van der Waals surface area contributed by atoms with Crippen molar-refractivity contribution in [2.24, 2.45) is 10.3 Å². The summed E-state index contributed by atoms with van der Waals surface area (Å²) in [6, 6.07) is 15.1. The van der Waals surface area contributed by atoms with Gasteiger partial charge in [0.05, 0.1) is 16.7 Å². The molecule has 2 aromatic carbocycles. The molecule has 0 aliphatic heterocycles. The van der Waals surface area contributed by atoms with Crippen LogP contribution < -0.4 is 5.73 Å². The van der Waals surface area contributed by atoms with Gasteiger partial charge < -0.3 is 5.73 Å². The molecule has 0 saturated heterocycles. The molecule has 1 aromatic heterocycles. The zero-order chi connectivity index (χ0) is 12.4.